The Kier molecular flexibility index (Phi) is 2.06. The van der Waals surface area contributed by atoms with E-state index in [0.717, 1.165) is 12.1 Å². The summed E-state index contributed by atoms with van der Waals surface area (Å²) in [6, 6.07) is 3.53. The molecule has 0 amide bonds. The van der Waals surface area contributed by atoms with Gasteiger partial charge in [-0.2, -0.15) is 0 Å². The number of carbonyl (C=O) groups excluding carboxylic acids is 1. The van der Waals surface area contributed by atoms with Crippen molar-refractivity contribution in [3.63, 3.8) is 0 Å². The van der Waals surface area contributed by atoms with E-state index in [1.165, 1.54) is 12.8 Å². The molecule has 0 atom stereocenters. The van der Waals surface area contributed by atoms with Gasteiger partial charge in [-0.05, 0) is 25.0 Å². The van der Waals surface area contributed by atoms with Crippen LogP contribution < -0.4 is 0 Å². The van der Waals surface area contributed by atoms with Crippen LogP contribution in [0.3, 0.4) is 0 Å². The number of carbonyl (C=O) groups is 1. The molecule has 1 saturated carbocycles. The molecule has 0 saturated heterocycles. The third-order valence-electron chi connectivity index (χ3n) is 2.78. The molecular formula is C12H11N3O. The van der Waals surface area contributed by atoms with E-state index >= 15 is 0 Å². The average Bonchev–Trinajstić information content (AvgIpc) is 3.07. The molecule has 2 aromatic rings. The SMILES string of the molecule is O=Cc1cccnc1-n1ccnc1C1CC1. The fraction of sp³-hybridized carbons (Fsp3) is 0.250. The third kappa shape index (κ3) is 1.43. The summed E-state index contributed by atoms with van der Waals surface area (Å²) in [5, 5.41) is 0. The number of nitrogens with zero attached hydrogens (tertiary/aromatic N) is 3. The maximum atomic E-state index is 10.9. The minimum absolute atomic E-state index is 0.538. The summed E-state index contributed by atoms with van der Waals surface area (Å²) in [6.45, 7) is 0. The van der Waals surface area contributed by atoms with Crippen LogP contribution in [-0.4, -0.2) is 20.8 Å². The van der Waals surface area contributed by atoms with Crippen molar-refractivity contribution in [2.75, 3.05) is 0 Å². The van der Waals surface area contributed by atoms with E-state index in [2.05, 4.69) is 9.97 Å². The van der Waals surface area contributed by atoms with Crippen molar-refractivity contribution in [3.8, 4) is 5.82 Å². The van der Waals surface area contributed by atoms with E-state index in [9.17, 15) is 4.79 Å². The largest absolute Gasteiger partial charge is 0.298 e. The lowest BCUT2D eigenvalue weighted by molar-refractivity contribution is 0.112. The average molecular weight is 213 g/mol. The van der Waals surface area contributed by atoms with E-state index in [4.69, 9.17) is 0 Å². The van der Waals surface area contributed by atoms with Crippen molar-refractivity contribution in [1.82, 2.24) is 14.5 Å². The van der Waals surface area contributed by atoms with Gasteiger partial charge in [0.15, 0.2) is 6.29 Å². The summed E-state index contributed by atoms with van der Waals surface area (Å²) in [4.78, 5) is 19.5. The molecule has 2 aromatic heterocycles. The highest BCUT2D eigenvalue weighted by Gasteiger charge is 2.28. The lowest BCUT2D eigenvalue weighted by Gasteiger charge is -2.07. The zero-order valence-corrected chi connectivity index (χ0v) is 8.71. The molecule has 1 fully saturated rings. The van der Waals surface area contributed by atoms with Crippen molar-refractivity contribution >= 4 is 6.29 Å². The third-order valence-corrected chi connectivity index (χ3v) is 2.78. The Balaban J connectivity index is 2.13. The van der Waals surface area contributed by atoms with Gasteiger partial charge < -0.3 is 0 Å². The first-order valence-electron chi connectivity index (χ1n) is 5.34. The zero-order chi connectivity index (χ0) is 11.0. The van der Waals surface area contributed by atoms with Crippen LogP contribution in [0.2, 0.25) is 0 Å². The van der Waals surface area contributed by atoms with Crippen LogP contribution in [0.5, 0.6) is 0 Å². The molecule has 2 heterocycles. The van der Waals surface area contributed by atoms with Crippen LogP contribution in [-0.2, 0) is 0 Å². The molecule has 80 valence electrons. The van der Waals surface area contributed by atoms with Gasteiger partial charge in [0.25, 0.3) is 0 Å². The smallest absolute Gasteiger partial charge is 0.153 e. The topological polar surface area (TPSA) is 47.8 Å². The molecule has 0 spiro atoms. The fourth-order valence-corrected chi connectivity index (χ4v) is 1.84. The maximum Gasteiger partial charge on any atom is 0.153 e. The van der Waals surface area contributed by atoms with Crippen molar-refractivity contribution in [1.29, 1.82) is 0 Å². The lowest BCUT2D eigenvalue weighted by Crippen LogP contribution is -2.04. The van der Waals surface area contributed by atoms with Crippen LogP contribution in [0.25, 0.3) is 5.82 Å². The predicted molar refractivity (Wildman–Crippen MR) is 58.7 cm³/mol. The van der Waals surface area contributed by atoms with Crippen LogP contribution in [0, 0.1) is 0 Å². The lowest BCUT2D eigenvalue weighted by atomic mass is 10.2. The van der Waals surface area contributed by atoms with E-state index in [0.29, 0.717) is 17.3 Å². The Morgan fingerprint density at radius 1 is 1.31 bits per heavy atom. The predicted octanol–water partition coefficient (Wildman–Crippen LogP) is 1.96. The van der Waals surface area contributed by atoms with Gasteiger partial charge >= 0.3 is 0 Å². The van der Waals surface area contributed by atoms with E-state index in [1.54, 1.807) is 24.5 Å². The summed E-state index contributed by atoms with van der Waals surface area (Å²) in [5.74, 6) is 2.23. The highest BCUT2D eigenvalue weighted by Crippen LogP contribution is 2.39. The quantitative estimate of drug-likeness (QED) is 0.732. The fourth-order valence-electron chi connectivity index (χ4n) is 1.84. The van der Waals surface area contributed by atoms with Gasteiger partial charge in [-0.25, -0.2) is 9.97 Å². The molecule has 0 bridgehead atoms. The summed E-state index contributed by atoms with van der Waals surface area (Å²) >= 11 is 0. The van der Waals surface area contributed by atoms with Gasteiger partial charge in [-0.3, -0.25) is 9.36 Å². The summed E-state index contributed by atoms with van der Waals surface area (Å²) in [6.07, 6.45) is 8.51. The van der Waals surface area contributed by atoms with Crippen LogP contribution in [0.4, 0.5) is 0 Å². The molecule has 0 aromatic carbocycles. The Labute approximate surface area is 93.0 Å². The normalized spacial score (nSPS) is 15.0. The van der Waals surface area contributed by atoms with E-state index in [-0.39, 0.29) is 0 Å². The van der Waals surface area contributed by atoms with Crippen molar-refractivity contribution in [3.05, 3.63) is 42.1 Å². The zero-order valence-electron chi connectivity index (χ0n) is 8.71. The first kappa shape index (κ1) is 9.27. The molecule has 0 radical (unpaired) electrons. The number of aromatic nitrogens is 3. The van der Waals surface area contributed by atoms with Crippen LogP contribution in [0.15, 0.2) is 30.7 Å². The van der Waals surface area contributed by atoms with Crippen LogP contribution in [0.1, 0.15) is 34.9 Å². The molecule has 4 nitrogen and oxygen atoms in total. The Morgan fingerprint density at radius 2 is 2.19 bits per heavy atom. The Hall–Kier alpha value is -1.97. The number of hydrogen-bond donors (Lipinski definition) is 0. The molecule has 1 aliphatic carbocycles. The minimum atomic E-state index is 0.538. The second-order valence-corrected chi connectivity index (χ2v) is 3.96. The highest BCUT2D eigenvalue weighted by atomic mass is 16.1. The van der Waals surface area contributed by atoms with Crippen molar-refractivity contribution in [2.45, 2.75) is 18.8 Å². The van der Waals surface area contributed by atoms with Crippen LogP contribution >= 0.6 is 0 Å². The van der Waals surface area contributed by atoms with Crippen molar-refractivity contribution < 1.29 is 4.79 Å². The van der Waals surface area contributed by atoms with Gasteiger partial charge in [0.05, 0.1) is 5.56 Å². The standard InChI is InChI=1S/C12H11N3O/c16-8-10-2-1-5-13-12(10)15-7-6-14-11(15)9-3-4-9/h1-2,5-9H,3-4H2. The molecular weight excluding hydrogens is 202 g/mol. The second-order valence-electron chi connectivity index (χ2n) is 3.96. The van der Waals surface area contributed by atoms with Gasteiger partial charge in [-0.15, -0.1) is 0 Å². The molecule has 1 aliphatic rings. The Bertz CT molecular complexity index is 529. The highest BCUT2D eigenvalue weighted by molar-refractivity contribution is 5.79. The Morgan fingerprint density at radius 3 is 2.94 bits per heavy atom. The molecule has 0 unspecified atom stereocenters. The number of hydrogen-bond acceptors (Lipinski definition) is 3. The van der Waals surface area contributed by atoms with E-state index < -0.39 is 0 Å². The van der Waals surface area contributed by atoms with Gasteiger partial charge in [0.1, 0.15) is 11.6 Å². The number of pyridine rings is 1. The van der Waals surface area contributed by atoms with Gasteiger partial charge in [-0.1, -0.05) is 0 Å². The molecule has 0 N–H and O–H groups in total. The molecule has 16 heavy (non-hydrogen) atoms. The maximum absolute atomic E-state index is 10.9. The monoisotopic (exact) mass is 213 g/mol. The first-order valence-corrected chi connectivity index (χ1v) is 5.34. The van der Waals surface area contributed by atoms with Crippen molar-refractivity contribution in [2.24, 2.45) is 0 Å². The molecule has 3 rings (SSSR count). The number of imidazole rings is 1. The first-order chi connectivity index (χ1) is 7.90. The molecule has 0 aliphatic heterocycles. The summed E-state index contributed by atoms with van der Waals surface area (Å²) in [5.41, 5.74) is 0.599. The number of rotatable bonds is 3. The molecule has 4 heteroatoms. The number of aldehydes is 1. The minimum Gasteiger partial charge on any atom is -0.298 e. The van der Waals surface area contributed by atoms with Gasteiger partial charge in [0.2, 0.25) is 0 Å². The van der Waals surface area contributed by atoms with E-state index in [1.807, 2.05) is 10.8 Å². The van der Waals surface area contributed by atoms with Gasteiger partial charge in [0, 0.05) is 24.5 Å². The second kappa shape index (κ2) is 3.56. The summed E-state index contributed by atoms with van der Waals surface area (Å²) in [7, 11) is 0. The summed E-state index contributed by atoms with van der Waals surface area (Å²) < 4.78 is 1.92.